The van der Waals surface area contributed by atoms with Gasteiger partial charge < -0.3 is 14.7 Å². The maximum absolute atomic E-state index is 10.8. The van der Waals surface area contributed by atoms with Gasteiger partial charge in [-0.05, 0) is 124 Å². The van der Waals surface area contributed by atoms with Crippen LogP contribution >= 0.6 is 0 Å². The van der Waals surface area contributed by atoms with Crippen LogP contribution in [0.1, 0.15) is 85.0 Å². The van der Waals surface area contributed by atoms with E-state index in [1.807, 2.05) is 0 Å². The SMILES string of the molecule is CN(C)CC1CCC2C(CC3C4CCC5C(C)(C)[C@@H](O)CCC56C[C@@]46CCC23C)O1. The minimum Gasteiger partial charge on any atom is -0.393 e. The van der Waals surface area contributed by atoms with E-state index in [1.165, 1.54) is 57.8 Å². The lowest BCUT2D eigenvalue weighted by Crippen LogP contribution is -2.54. The minimum atomic E-state index is -0.0902. The predicted molar refractivity (Wildman–Crippen MR) is 120 cm³/mol. The van der Waals surface area contributed by atoms with Gasteiger partial charge in [-0.1, -0.05) is 20.8 Å². The van der Waals surface area contributed by atoms with Gasteiger partial charge in [0, 0.05) is 6.54 Å². The third-order valence-corrected chi connectivity index (χ3v) is 12.2. The molecule has 8 unspecified atom stereocenters. The summed E-state index contributed by atoms with van der Waals surface area (Å²) in [4.78, 5) is 2.30. The molecular formula is C27H45NO2. The summed E-state index contributed by atoms with van der Waals surface area (Å²) in [5.74, 6) is 3.36. The monoisotopic (exact) mass is 415 g/mol. The Kier molecular flexibility index (Phi) is 4.27. The van der Waals surface area contributed by atoms with Gasteiger partial charge in [-0.2, -0.15) is 0 Å². The molecule has 0 aromatic heterocycles. The van der Waals surface area contributed by atoms with Crippen LogP contribution in [0.25, 0.3) is 0 Å². The van der Waals surface area contributed by atoms with E-state index in [2.05, 4.69) is 39.8 Å². The summed E-state index contributed by atoms with van der Waals surface area (Å²) in [7, 11) is 4.37. The summed E-state index contributed by atoms with van der Waals surface area (Å²) in [5, 5.41) is 10.8. The summed E-state index contributed by atoms with van der Waals surface area (Å²) in [6.07, 6.45) is 14.4. The Balaban J connectivity index is 1.27. The molecule has 3 nitrogen and oxygen atoms in total. The lowest BCUT2D eigenvalue weighted by Gasteiger charge is -2.59. The molecule has 2 spiro atoms. The Labute approximate surface area is 184 Å². The molecule has 0 amide bonds. The van der Waals surface area contributed by atoms with Crippen molar-refractivity contribution in [2.75, 3.05) is 20.6 Å². The topological polar surface area (TPSA) is 32.7 Å². The number of aliphatic hydroxyl groups is 1. The van der Waals surface area contributed by atoms with E-state index >= 15 is 0 Å². The van der Waals surface area contributed by atoms with Crippen molar-refractivity contribution in [3.8, 4) is 0 Å². The average molecular weight is 416 g/mol. The highest BCUT2D eigenvalue weighted by molar-refractivity contribution is 5.29. The van der Waals surface area contributed by atoms with Gasteiger partial charge >= 0.3 is 0 Å². The Morgan fingerprint density at radius 3 is 2.40 bits per heavy atom. The molecule has 30 heavy (non-hydrogen) atoms. The Morgan fingerprint density at radius 1 is 0.867 bits per heavy atom. The van der Waals surface area contributed by atoms with Crippen LogP contribution in [0.5, 0.6) is 0 Å². The molecule has 5 saturated carbocycles. The van der Waals surface area contributed by atoms with Crippen molar-refractivity contribution in [3.05, 3.63) is 0 Å². The van der Waals surface area contributed by atoms with Crippen molar-refractivity contribution < 1.29 is 9.84 Å². The van der Waals surface area contributed by atoms with Crippen LogP contribution in [-0.4, -0.2) is 49.0 Å². The molecule has 6 fully saturated rings. The summed E-state index contributed by atoms with van der Waals surface area (Å²) in [5.41, 5.74) is 1.82. The third-order valence-electron chi connectivity index (χ3n) is 12.2. The Hall–Kier alpha value is -0.120. The molecule has 6 rings (SSSR count). The van der Waals surface area contributed by atoms with Crippen molar-refractivity contribution in [1.29, 1.82) is 0 Å². The Morgan fingerprint density at radius 2 is 1.63 bits per heavy atom. The summed E-state index contributed by atoms with van der Waals surface area (Å²) >= 11 is 0. The highest BCUT2D eigenvalue weighted by Crippen LogP contribution is 2.87. The molecule has 0 radical (unpaired) electrons. The molecule has 0 aromatic rings. The van der Waals surface area contributed by atoms with E-state index in [0.29, 0.717) is 28.5 Å². The van der Waals surface area contributed by atoms with Crippen molar-refractivity contribution in [1.82, 2.24) is 4.90 Å². The molecule has 0 aromatic carbocycles. The fourth-order valence-electron chi connectivity index (χ4n) is 10.9. The highest BCUT2D eigenvalue weighted by Gasteiger charge is 2.80. The molecule has 1 heterocycles. The minimum absolute atomic E-state index is 0.0902. The Bertz CT molecular complexity index is 720. The molecular weight excluding hydrogens is 370 g/mol. The quantitative estimate of drug-likeness (QED) is 0.680. The highest BCUT2D eigenvalue weighted by atomic mass is 16.5. The van der Waals surface area contributed by atoms with Crippen LogP contribution in [0.4, 0.5) is 0 Å². The van der Waals surface area contributed by atoms with Gasteiger partial charge in [0.05, 0.1) is 18.3 Å². The van der Waals surface area contributed by atoms with Gasteiger partial charge in [0.25, 0.3) is 0 Å². The van der Waals surface area contributed by atoms with Crippen LogP contribution in [0, 0.1) is 45.3 Å². The fraction of sp³-hybridized carbons (Fsp3) is 1.00. The van der Waals surface area contributed by atoms with Gasteiger partial charge in [-0.15, -0.1) is 0 Å². The number of ether oxygens (including phenoxy) is 1. The number of nitrogens with zero attached hydrogens (tertiary/aromatic N) is 1. The second kappa shape index (κ2) is 6.26. The molecule has 1 N–H and O–H groups in total. The second-order valence-electron chi connectivity index (χ2n) is 13.7. The van der Waals surface area contributed by atoms with Crippen LogP contribution in [0.3, 0.4) is 0 Å². The van der Waals surface area contributed by atoms with Crippen LogP contribution < -0.4 is 0 Å². The van der Waals surface area contributed by atoms with E-state index < -0.39 is 0 Å². The molecule has 10 atom stereocenters. The van der Waals surface area contributed by atoms with Gasteiger partial charge in [0.15, 0.2) is 0 Å². The molecule has 6 aliphatic rings. The lowest BCUT2D eigenvalue weighted by molar-refractivity contribution is -0.135. The summed E-state index contributed by atoms with van der Waals surface area (Å²) in [6, 6.07) is 0. The lowest BCUT2D eigenvalue weighted by atomic mass is 9.46. The number of likely N-dealkylation sites (N-methyl/N-ethyl adjacent to an activating group) is 1. The van der Waals surface area contributed by atoms with Gasteiger partial charge in [0.1, 0.15) is 0 Å². The first-order valence-corrected chi connectivity index (χ1v) is 13.1. The van der Waals surface area contributed by atoms with E-state index in [1.54, 1.807) is 0 Å². The molecule has 5 aliphatic carbocycles. The normalized spacial score (nSPS) is 58.3. The molecule has 0 bridgehead atoms. The van der Waals surface area contributed by atoms with Crippen molar-refractivity contribution in [2.24, 2.45) is 45.3 Å². The van der Waals surface area contributed by atoms with E-state index in [-0.39, 0.29) is 11.5 Å². The van der Waals surface area contributed by atoms with E-state index in [9.17, 15) is 5.11 Å². The molecule has 1 saturated heterocycles. The van der Waals surface area contributed by atoms with Crippen LogP contribution in [0.2, 0.25) is 0 Å². The zero-order valence-electron chi connectivity index (χ0n) is 20.1. The predicted octanol–water partition coefficient (Wildman–Crippen LogP) is 5.12. The average Bonchev–Trinajstić information content (AvgIpc) is 3.26. The summed E-state index contributed by atoms with van der Waals surface area (Å²) in [6.45, 7) is 8.51. The first-order valence-electron chi connectivity index (χ1n) is 13.1. The zero-order valence-corrected chi connectivity index (χ0v) is 20.1. The third kappa shape index (κ3) is 2.39. The maximum atomic E-state index is 10.8. The maximum Gasteiger partial charge on any atom is 0.0705 e. The van der Waals surface area contributed by atoms with E-state index in [4.69, 9.17) is 4.74 Å². The summed E-state index contributed by atoms with van der Waals surface area (Å²) < 4.78 is 6.78. The molecule has 170 valence electrons. The standard InChI is InChI=1S/C27H45NO2/c1-24(2)22-9-8-18-20-14-21-19(7-6-17(30-21)15-28(4)5)25(20,3)12-13-26(18)16-27(22,26)11-10-23(24)29/h17-23,29H,6-16H2,1-5H3/t17?,18?,19?,20?,21?,22?,23-,25?,26-,27?/m0/s1. The van der Waals surface area contributed by atoms with Crippen molar-refractivity contribution in [2.45, 2.75) is 103 Å². The smallest absolute Gasteiger partial charge is 0.0705 e. The number of hydrogen-bond acceptors (Lipinski definition) is 3. The van der Waals surface area contributed by atoms with Crippen molar-refractivity contribution in [3.63, 3.8) is 0 Å². The van der Waals surface area contributed by atoms with Crippen molar-refractivity contribution >= 4 is 0 Å². The molecule has 1 aliphatic heterocycles. The fourth-order valence-corrected chi connectivity index (χ4v) is 10.9. The van der Waals surface area contributed by atoms with Crippen LogP contribution in [-0.2, 0) is 4.74 Å². The molecule has 3 heteroatoms. The van der Waals surface area contributed by atoms with Gasteiger partial charge in [-0.25, -0.2) is 0 Å². The number of hydrogen-bond donors (Lipinski definition) is 1. The van der Waals surface area contributed by atoms with Gasteiger partial charge in [0.2, 0.25) is 0 Å². The number of aliphatic hydroxyl groups excluding tert-OH is 1. The first kappa shape index (κ1) is 20.5. The number of fused-ring (bicyclic) bond motifs is 4. The first-order chi connectivity index (χ1) is 14.1. The number of rotatable bonds is 2. The van der Waals surface area contributed by atoms with Crippen LogP contribution in [0.15, 0.2) is 0 Å². The van der Waals surface area contributed by atoms with Gasteiger partial charge in [-0.3, -0.25) is 0 Å². The van der Waals surface area contributed by atoms with E-state index in [0.717, 1.165) is 36.6 Å². The largest absolute Gasteiger partial charge is 0.393 e. The second-order valence-corrected chi connectivity index (χ2v) is 13.7. The zero-order chi connectivity index (χ0) is 21.1.